The van der Waals surface area contributed by atoms with Gasteiger partial charge in [-0.15, -0.1) is 0 Å². The molecule has 0 saturated heterocycles. The molecular weight excluding hydrogens is 316 g/mol. The summed E-state index contributed by atoms with van der Waals surface area (Å²) < 4.78 is 0. The lowest BCUT2D eigenvalue weighted by Gasteiger charge is -2.33. The van der Waals surface area contributed by atoms with Crippen molar-refractivity contribution in [3.05, 3.63) is 88.8 Å². The fraction of sp³-hybridized carbons (Fsp3) is 0.360. The van der Waals surface area contributed by atoms with E-state index in [9.17, 15) is 0 Å². The minimum atomic E-state index is 0.239. The Morgan fingerprint density at radius 1 is 1.08 bits per heavy atom. The smallest absolute Gasteiger partial charge is 0.0820 e. The number of aryl methyl sites for hydroxylation is 1. The summed E-state index contributed by atoms with van der Waals surface area (Å²) in [7, 11) is 0. The van der Waals surface area contributed by atoms with Crippen molar-refractivity contribution in [1.29, 1.82) is 0 Å². The van der Waals surface area contributed by atoms with Crippen LogP contribution in [0.4, 0.5) is 0 Å². The standard InChI is InChI=1S/C25H32O/c1-19-11-13-23(14-12-19)22(10-6-8-20(2)18-26)15-16-24-21(3)9-7-17-25(24,4)5/h6,8,10-16,18,26H,7,9,17H2,1-5H3/b8-6+,16-15+,20-18-,22-10-. The van der Waals surface area contributed by atoms with Crippen molar-refractivity contribution in [2.75, 3.05) is 0 Å². The Morgan fingerprint density at radius 3 is 2.38 bits per heavy atom. The summed E-state index contributed by atoms with van der Waals surface area (Å²) in [5, 5.41) is 9.05. The molecule has 0 fully saturated rings. The molecule has 1 N–H and O–H groups in total. The third-order valence-corrected chi connectivity index (χ3v) is 5.20. The van der Waals surface area contributed by atoms with E-state index in [1.807, 2.05) is 19.1 Å². The molecule has 0 amide bonds. The monoisotopic (exact) mass is 348 g/mol. The van der Waals surface area contributed by atoms with E-state index in [2.05, 4.69) is 70.2 Å². The van der Waals surface area contributed by atoms with Gasteiger partial charge in [0, 0.05) is 0 Å². The van der Waals surface area contributed by atoms with Crippen LogP contribution < -0.4 is 0 Å². The first-order valence-corrected chi connectivity index (χ1v) is 9.48. The van der Waals surface area contributed by atoms with Crippen molar-refractivity contribution in [1.82, 2.24) is 0 Å². The van der Waals surface area contributed by atoms with Crippen LogP contribution in [-0.2, 0) is 0 Å². The van der Waals surface area contributed by atoms with Crippen LogP contribution in [0.1, 0.15) is 58.1 Å². The molecule has 2 rings (SSSR count). The van der Waals surface area contributed by atoms with E-state index in [0.29, 0.717) is 0 Å². The minimum Gasteiger partial charge on any atom is -0.515 e. The first kappa shape index (κ1) is 20.0. The van der Waals surface area contributed by atoms with Gasteiger partial charge in [0.2, 0.25) is 0 Å². The number of hydrogen-bond donors (Lipinski definition) is 1. The summed E-state index contributed by atoms with van der Waals surface area (Å²) in [5.41, 5.74) is 7.69. The highest BCUT2D eigenvalue weighted by molar-refractivity contribution is 5.76. The summed E-state index contributed by atoms with van der Waals surface area (Å²) in [6, 6.07) is 8.63. The van der Waals surface area contributed by atoms with Crippen LogP contribution in [0.3, 0.4) is 0 Å². The van der Waals surface area contributed by atoms with Gasteiger partial charge >= 0.3 is 0 Å². The van der Waals surface area contributed by atoms with Crippen LogP contribution in [0.2, 0.25) is 0 Å². The Hall–Kier alpha value is -2.28. The molecule has 0 bridgehead atoms. The first-order chi connectivity index (χ1) is 12.3. The van der Waals surface area contributed by atoms with E-state index in [0.717, 1.165) is 11.8 Å². The van der Waals surface area contributed by atoms with Gasteiger partial charge < -0.3 is 5.11 Å². The molecule has 0 radical (unpaired) electrons. The Kier molecular flexibility index (Phi) is 6.85. The molecule has 138 valence electrons. The Bertz CT molecular complexity index is 765. The van der Waals surface area contributed by atoms with E-state index in [-0.39, 0.29) is 5.41 Å². The highest BCUT2D eigenvalue weighted by Gasteiger charge is 2.26. The number of aliphatic hydroxyl groups is 1. The summed E-state index contributed by atoms with van der Waals surface area (Å²) in [6.07, 6.45) is 15.4. The van der Waals surface area contributed by atoms with Gasteiger partial charge in [-0.3, -0.25) is 0 Å². The Morgan fingerprint density at radius 2 is 1.77 bits per heavy atom. The maximum Gasteiger partial charge on any atom is 0.0820 e. The minimum absolute atomic E-state index is 0.239. The first-order valence-electron chi connectivity index (χ1n) is 9.48. The number of benzene rings is 1. The highest BCUT2D eigenvalue weighted by Crippen LogP contribution is 2.41. The van der Waals surface area contributed by atoms with Crippen molar-refractivity contribution in [3.63, 3.8) is 0 Å². The quantitative estimate of drug-likeness (QED) is 0.432. The lowest BCUT2D eigenvalue weighted by molar-refractivity contribution is 0.377. The zero-order valence-corrected chi connectivity index (χ0v) is 16.8. The van der Waals surface area contributed by atoms with Gasteiger partial charge in [-0.25, -0.2) is 0 Å². The molecule has 0 saturated carbocycles. The third kappa shape index (κ3) is 5.36. The maximum absolute atomic E-state index is 9.05. The molecule has 0 unspecified atom stereocenters. The normalized spacial score (nSPS) is 19.0. The molecule has 1 aromatic carbocycles. The second kappa shape index (κ2) is 8.89. The van der Waals surface area contributed by atoms with Gasteiger partial charge in [-0.2, -0.15) is 0 Å². The summed E-state index contributed by atoms with van der Waals surface area (Å²) in [5.74, 6) is 0. The van der Waals surface area contributed by atoms with E-state index in [4.69, 9.17) is 5.11 Å². The molecule has 1 aromatic rings. The average molecular weight is 349 g/mol. The molecule has 1 heteroatoms. The molecule has 0 aliphatic heterocycles. The topological polar surface area (TPSA) is 20.2 Å². The number of allylic oxidation sites excluding steroid dienone is 9. The van der Waals surface area contributed by atoms with E-state index in [1.54, 1.807) is 0 Å². The fourth-order valence-electron chi connectivity index (χ4n) is 3.52. The van der Waals surface area contributed by atoms with Crippen molar-refractivity contribution in [2.45, 2.75) is 53.9 Å². The van der Waals surface area contributed by atoms with Gasteiger partial charge in [-0.05, 0) is 67.7 Å². The highest BCUT2D eigenvalue weighted by atomic mass is 16.2. The fourth-order valence-corrected chi connectivity index (χ4v) is 3.52. The van der Waals surface area contributed by atoms with Crippen molar-refractivity contribution in [3.8, 4) is 0 Å². The predicted molar refractivity (Wildman–Crippen MR) is 114 cm³/mol. The number of hydrogen-bond acceptors (Lipinski definition) is 1. The van der Waals surface area contributed by atoms with Crippen molar-refractivity contribution < 1.29 is 5.11 Å². The van der Waals surface area contributed by atoms with Crippen molar-refractivity contribution in [2.24, 2.45) is 5.41 Å². The van der Waals surface area contributed by atoms with Crippen LogP contribution in [-0.4, -0.2) is 5.11 Å². The van der Waals surface area contributed by atoms with Crippen molar-refractivity contribution >= 4 is 5.57 Å². The molecule has 1 aliphatic rings. The molecule has 0 atom stereocenters. The lowest BCUT2D eigenvalue weighted by Crippen LogP contribution is -2.19. The molecule has 26 heavy (non-hydrogen) atoms. The molecule has 0 spiro atoms. The molecule has 1 nitrogen and oxygen atoms in total. The van der Waals surface area contributed by atoms with Gasteiger partial charge in [0.25, 0.3) is 0 Å². The maximum atomic E-state index is 9.05. The molecular formula is C25H32O. The average Bonchev–Trinajstić information content (AvgIpc) is 2.59. The van der Waals surface area contributed by atoms with Crippen LogP contribution in [0.15, 0.2) is 77.6 Å². The Balaban J connectivity index is 2.39. The zero-order valence-electron chi connectivity index (χ0n) is 16.8. The Labute approximate surface area is 159 Å². The van der Waals surface area contributed by atoms with E-state index in [1.165, 1.54) is 47.1 Å². The largest absolute Gasteiger partial charge is 0.515 e. The summed E-state index contributed by atoms with van der Waals surface area (Å²) in [4.78, 5) is 0. The molecule has 1 aliphatic carbocycles. The van der Waals surface area contributed by atoms with E-state index < -0.39 is 0 Å². The second-order valence-corrected chi connectivity index (χ2v) is 7.99. The van der Waals surface area contributed by atoms with Crippen LogP contribution >= 0.6 is 0 Å². The molecule has 0 heterocycles. The third-order valence-electron chi connectivity index (χ3n) is 5.20. The van der Waals surface area contributed by atoms with Crippen LogP contribution in [0, 0.1) is 12.3 Å². The van der Waals surface area contributed by atoms with Gasteiger partial charge in [0.05, 0.1) is 6.26 Å². The second-order valence-electron chi connectivity index (χ2n) is 7.99. The summed E-state index contributed by atoms with van der Waals surface area (Å²) in [6.45, 7) is 11.0. The van der Waals surface area contributed by atoms with Gasteiger partial charge in [-0.1, -0.05) is 79.6 Å². The number of aliphatic hydroxyl groups excluding tert-OH is 1. The van der Waals surface area contributed by atoms with Gasteiger partial charge in [0.1, 0.15) is 0 Å². The van der Waals surface area contributed by atoms with E-state index >= 15 is 0 Å². The number of rotatable bonds is 5. The van der Waals surface area contributed by atoms with Gasteiger partial charge in [0.15, 0.2) is 0 Å². The van der Waals surface area contributed by atoms with Crippen LogP contribution in [0.25, 0.3) is 5.57 Å². The zero-order chi connectivity index (χ0) is 19.2. The molecule has 0 aromatic heterocycles. The lowest BCUT2D eigenvalue weighted by atomic mass is 9.72. The predicted octanol–water partition coefficient (Wildman–Crippen LogP) is 7.48. The van der Waals surface area contributed by atoms with Crippen LogP contribution in [0.5, 0.6) is 0 Å². The SMILES string of the molecule is CC1=C(/C=C/C(=C/C=C/C(C)=C\O)c2ccc(C)cc2)C(C)(C)CCC1. The summed E-state index contributed by atoms with van der Waals surface area (Å²) >= 11 is 0.